The van der Waals surface area contributed by atoms with E-state index in [1.54, 1.807) is 0 Å². The molecule has 1 heterocycles. The van der Waals surface area contributed by atoms with Crippen molar-refractivity contribution in [1.82, 2.24) is 5.32 Å². The summed E-state index contributed by atoms with van der Waals surface area (Å²) >= 11 is 6.31. The van der Waals surface area contributed by atoms with Gasteiger partial charge in [0.25, 0.3) is 0 Å². The highest BCUT2D eigenvalue weighted by Gasteiger charge is 2.24. The Morgan fingerprint density at radius 2 is 2.20 bits per heavy atom. The number of hydrogen-bond donors (Lipinski definition) is 1. The summed E-state index contributed by atoms with van der Waals surface area (Å²) < 4.78 is 0. The van der Waals surface area contributed by atoms with E-state index in [4.69, 9.17) is 11.6 Å². The average molecular weight is 224 g/mol. The first-order valence-corrected chi connectivity index (χ1v) is 6.03. The van der Waals surface area contributed by atoms with Crippen molar-refractivity contribution in [3.05, 3.63) is 34.3 Å². The van der Waals surface area contributed by atoms with Crippen molar-refractivity contribution in [1.29, 1.82) is 0 Å². The van der Waals surface area contributed by atoms with E-state index in [1.165, 1.54) is 17.5 Å². The molecule has 15 heavy (non-hydrogen) atoms. The molecule has 0 radical (unpaired) electrons. The van der Waals surface area contributed by atoms with Gasteiger partial charge >= 0.3 is 0 Å². The van der Waals surface area contributed by atoms with Crippen molar-refractivity contribution in [2.75, 3.05) is 13.1 Å². The normalized spacial score (nSPS) is 26.6. The quantitative estimate of drug-likeness (QED) is 0.770. The average Bonchev–Trinajstić information content (AvgIpc) is 2.20. The van der Waals surface area contributed by atoms with Crippen molar-refractivity contribution in [2.45, 2.75) is 26.2 Å². The first kappa shape index (κ1) is 11.0. The van der Waals surface area contributed by atoms with Gasteiger partial charge in [-0.1, -0.05) is 30.7 Å². The van der Waals surface area contributed by atoms with Gasteiger partial charge in [0.15, 0.2) is 0 Å². The van der Waals surface area contributed by atoms with Crippen molar-refractivity contribution < 1.29 is 0 Å². The Labute approximate surface area is 96.8 Å². The second-order valence-corrected chi connectivity index (χ2v) is 5.01. The van der Waals surface area contributed by atoms with Gasteiger partial charge in [0, 0.05) is 5.02 Å². The fourth-order valence-corrected chi connectivity index (χ4v) is 2.78. The van der Waals surface area contributed by atoms with Crippen LogP contribution < -0.4 is 5.32 Å². The van der Waals surface area contributed by atoms with Crippen LogP contribution in [0.1, 0.15) is 30.4 Å². The summed E-state index contributed by atoms with van der Waals surface area (Å²) in [5.74, 6) is 1.30. The van der Waals surface area contributed by atoms with Crippen LogP contribution in [-0.4, -0.2) is 13.1 Å². The van der Waals surface area contributed by atoms with Crippen LogP contribution in [0.2, 0.25) is 5.02 Å². The highest BCUT2D eigenvalue weighted by molar-refractivity contribution is 6.31. The zero-order valence-corrected chi connectivity index (χ0v) is 10.1. The molecule has 2 rings (SSSR count). The lowest BCUT2D eigenvalue weighted by Gasteiger charge is -2.30. The maximum atomic E-state index is 6.31. The van der Waals surface area contributed by atoms with Gasteiger partial charge in [0.1, 0.15) is 0 Å². The minimum absolute atomic E-state index is 0.624. The van der Waals surface area contributed by atoms with E-state index in [0.717, 1.165) is 18.1 Å². The van der Waals surface area contributed by atoms with Crippen molar-refractivity contribution in [3.8, 4) is 0 Å². The first-order valence-electron chi connectivity index (χ1n) is 5.65. The maximum Gasteiger partial charge on any atom is 0.0443 e. The molecule has 2 heteroatoms. The predicted molar refractivity (Wildman–Crippen MR) is 65.6 cm³/mol. The number of nitrogens with one attached hydrogen (secondary N) is 1. The molecule has 0 bridgehead atoms. The Morgan fingerprint density at radius 3 is 2.87 bits per heavy atom. The Hall–Kier alpha value is -0.530. The molecule has 2 atom stereocenters. The lowest BCUT2D eigenvalue weighted by atomic mass is 9.82. The molecule has 1 aliphatic rings. The van der Waals surface area contributed by atoms with E-state index < -0.39 is 0 Å². The van der Waals surface area contributed by atoms with E-state index in [0.29, 0.717) is 11.8 Å². The third-order valence-electron chi connectivity index (χ3n) is 3.34. The van der Waals surface area contributed by atoms with Crippen LogP contribution in [0.3, 0.4) is 0 Å². The third kappa shape index (κ3) is 2.35. The summed E-state index contributed by atoms with van der Waals surface area (Å²) in [6.07, 6.45) is 1.20. The van der Waals surface area contributed by atoms with Crippen LogP contribution in [0, 0.1) is 12.8 Å². The summed E-state index contributed by atoms with van der Waals surface area (Å²) in [5, 5.41) is 4.36. The summed E-state index contributed by atoms with van der Waals surface area (Å²) in [6.45, 7) is 6.60. The van der Waals surface area contributed by atoms with Gasteiger partial charge in [0.05, 0.1) is 0 Å². The molecule has 1 fully saturated rings. The Morgan fingerprint density at radius 1 is 1.40 bits per heavy atom. The molecule has 1 nitrogen and oxygen atoms in total. The third-order valence-corrected chi connectivity index (χ3v) is 3.67. The minimum atomic E-state index is 0.624. The van der Waals surface area contributed by atoms with Gasteiger partial charge in [-0.3, -0.25) is 0 Å². The molecule has 2 unspecified atom stereocenters. The zero-order chi connectivity index (χ0) is 10.8. The van der Waals surface area contributed by atoms with Crippen LogP contribution in [0.4, 0.5) is 0 Å². The number of halogens is 1. The number of aryl methyl sites for hydroxylation is 1. The molecule has 82 valence electrons. The number of rotatable bonds is 1. The lowest BCUT2D eigenvalue weighted by molar-refractivity contribution is 0.349. The lowest BCUT2D eigenvalue weighted by Crippen LogP contribution is -2.33. The molecule has 1 aliphatic heterocycles. The van der Waals surface area contributed by atoms with Gasteiger partial charge in [-0.05, 0) is 55.5 Å². The molecule has 1 N–H and O–H groups in total. The van der Waals surface area contributed by atoms with Gasteiger partial charge in [-0.2, -0.15) is 0 Å². The van der Waals surface area contributed by atoms with E-state index >= 15 is 0 Å². The van der Waals surface area contributed by atoms with Crippen LogP contribution in [-0.2, 0) is 0 Å². The standard InChI is InChI=1S/C13H18ClN/c1-9-3-4-12(13(14)7-9)11-5-6-15-8-10(11)2/h3-4,7,10-11,15H,5-6,8H2,1-2H3. The summed E-state index contributed by atoms with van der Waals surface area (Å²) in [6, 6.07) is 6.44. The van der Waals surface area contributed by atoms with Crippen molar-refractivity contribution >= 4 is 11.6 Å². The highest BCUT2D eigenvalue weighted by atomic mass is 35.5. The molecule has 1 aromatic rings. The van der Waals surface area contributed by atoms with Gasteiger partial charge < -0.3 is 5.32 Å². The van der Waals surface area contributed by atoms with Crippen molar-refractivity contribution in [2.24, 2.45) is 5.92 Å². The monoisotopic (exact) mass is 223 g/mol. The molecule has 0 saturated carbocycles. The summed E-state index contributed by atoms with van der Waals surface area (Å²) in [7, 11) is 0. The van der Waals surface area contributed by atoms with Gasteiger partial charge in [-0.25, -0.2) is 0 Å². The minimum Gasteiger partial charge on any atom is -0.316 e. The summed E-state index contributed by atoms with van der Waals surface area (Å²) in [4.78, 5) is 0. The largest absolute Gasteiger partial charge is 0.316 e. The number of benzene rings is 1. The Balaban J connectivity index is 2.27. The Bertz CT molecular complexity index is 348. The van der Waals surface area contributed by atoms with Crippen LogP contribution in [0.5, 0.6) is 0 Å². The van der Waals surface area contributed by atoms with Gasteiger partial charge in [0.2, 0.25) is 0 Å². The van der Waals surface area contributed by atoms with Crippen molar-refractivity contribution in [3.63, 3.8) is 0 Å². The predicted octanol–water partition coefficient (Wildman–Crippen LogP) is 3.36. The zero-order valence-electron chi connectivity index (χ0n) is 9.39. The molecular weight excluding hydrogens is 206 g/mol. The van der Waals surface area contributed by atoms with E-state index in [1.807, 2.05) is 0 Å². The fraction of sp³-hybridized carbons (Fsp3) is 0.538. The molecular formula is C13H18ClN. The molecule has 0 amide bonds. The number of piperidine rings is 1. The fourth-order valence-electron chi connectivity index (χ4n) is 2.41. The highest BCUT2D eigenvalue weighted by Crippen LogP contribution is 2.34. The molecule has 0 aromatic heterocycles. The first-order chi connectivity index (χ1) is 7.18. The molecule has 1 saturated heterocycles. The SMILES string of the molecule is Cc1ccc(C2CCNCC2C)c(Cl)c1. The Kier molecular flexibility index (Phi) is 3.32. The second kappa shape index (κ2) is 4.54. The second-order valence-electron chi connectivity index (χ2n) is 4.60. The smallest absolute Gasteiger partial charge is 0.0443 e. The molecule has 0 spiro atoms. The van der Waals surface area contributed by atoms with Gasteiger partial charge in [-0.15, -0.1) is 0 Å². The maximum absolute atomic E-state index is 6.31. The summed E-state index contributed by atoms with van der Waals surface area (Å²) in [5.41, 5.74) is 2.57. The molecule has 1 aromatic carbocycles. The van der Waals surface area contributed by atoms with E-state index in [2.05, 4.69) is 37.4 Å². The van der Waals surface area contributed by atoms with Crippen LogP contribution >= 0.6 is 11.6 Å². The number of hydrogen-bond acceptors (Lipinski definition) is 1. The van der Waals surface area contributed by atoms with E-state index in [9.17, 15) is 0 Å². The topological polar surface area (TPSA) is 12.0 Å². The van der Waals surface area contributed by atoms with Crippen LogP contribution in [0.15, 0.2) is 18.2 Å². The van der Waals surface area contributed by atoms with Crippen LogP contribution in [0.25, 0.3) is 0 Å². The molecule has 0 aliphatic carbocycles. The van der Waals surface area contributed by atoms with E-state index in [-0.39, 0.29) is 0 Å².